The zero-order valence-corrected chi connectivity index (χ0v) is 18.2. The number of carbonyl (C=O) groups is 3. The Morgan fingerprint density at radius 2 is 1.84 bits per heavy atom. The van der Waals surface area contributed by atoms with Crippen LogP contribution in [-0.2, 0) is 25.5 Å². The van der Waals surface area contributed by atoms with Gasteiger partial charge in [-0.15, -0.1) is 0 Å². The number of benzene rings is 2. The Balaban J connectivity index is 1.57. The lowest BCUT2D eigenvalue weighted by Crippen LogP contribution is -2.49. The van der Waals surface area contributed by atoms with Gasteiger partial charge in [0.1, 0.15) is 6.04 Å². The molecule has 7 heteroatoms. The van der Waals surface area contributed by atoms with E-state index >= 15 is 0 Å². The van der Waals surface area contributed by atoms with Crippen LogP contribution in [0, 0.1) is 6.92 Å². The highest BCUT2D eigenvalue weighted by Crippen LogP contribution is 2.28. The lowest BCUT2D eigenvalue weighted by molar-refractivity contribution is -0.139. The van der Waals surface area contributed by atoms with Crippen molar-refractivity contribution < 1.29 is 19.1 Å². The van der Waals surface area contributed by atoms with Crippen molar-refractivity contribution >= 4 is 35.0 Å². The zero-order chi connectivity index (χ0) is 22.0. The van der Waals surface area contributed by atoms with E-state index in [1.165, 1.54) is 4.90 Å². The average Bonchev–Trinajstić information content (AvgIpc) is 3.36. The molecule has 0 radical (unpaired) electrons. The maximum absolute atomic E-state index is 13.3. The van der Waals surface area contributed by atoms with Crippen molar-refractivity contribution in [3.63, 3.8) is 0 Å². The number of carbonyl (C=O) groups excluding carboxylic acids is 3. The third-order valence-electron chi connectivity index (χ3n) is 5.80. The SMILES string of the molecule is Cc1ccc(N2C(=O)CC(N(CC3CCCO3)C(=O)Cc3ccc(Cl)cc3)C2=O)cc1. The molecule has 0 aromatic heterocycles. The van der Waals surface area contributed by atoms with Gasteiger partial charge in [-0.05, 0) is 49.6 Å². The lowest BCUT2D eigenvalue weighted by atomic mass is 10.1. The average molecular weight is 441 g/mol. The fourth-order valence-corrected chi connectivity index (χ4v) is 4.24. The number of anilines is 1. The minimum atomic E-state index is -0.821. The summed E-state index contributed by atoms with van der Waals surface area (Å²) in [6.07, 6.45) is 1.75. The molecule has 2 fully saturated rings. The van der Waals surface area contributed by atoms with E-state index < -0.39 is 6.04 Å². The molecule has 31 heavy (non-hydrogen) atoms. The highest BCUT2D eigenvalue weighted by Gasteiger charge is 2.45. The van der Waals surface area contributed by atoms with E-state index in [0.29, 0.717) is 23.9 Å². The molecule has 2 atom stereocenters. The van der Waals surface area contributed by atoms with Crippen LogP contribution in [0.4, 0.5) is 5.69 Å². The first-order valence-corrected chi connectivity index (χ1v) is 10.9. The molecule has 162 valence electrons. The summed E-state index contributed by atoms with van der Waals surface area (Å²) >= 11 is 5.95. The van der Waals surface area contributed by atoms with Crippen molar-refractivity contribution in [2.24, 2.45) is 0 Å². The van der Waals surface area contributed by atoms with E-state index in [0.717, 1.165) is 24.0 Å². The summed E-state index contributed by atoms with van der Waals surface area (Å²) < 4.78 is 5.72. The summed E-state index contributed by atoms with van der Waals surface area (Å²) in [7, 11) is 0. The van der Waals surface area contributed by atoms with Gasteiger partial charge < -0.3 is 9.64 Å². The number of amides is 3. The third-order valence-corrected chi connectivity index (χ3v) is 6.06. The van der Waals surface area contributed by atoms with Crippen LogP contribution in [0.5, 0.6) is 0 Å². The Kier molecular flexibility index (Phi) is 6.39. The molecule has 6 nitrogen and oxygen atoms in total. The first-order chi connectivity index (χ1) is 14.9. The second-order valence-electron chi connectivity index (χ2n) is 8.11. The van der Waals surface area contributed by atoms with Crippen LogP contribution in [0.2, 0.25) is 5.02 Å². The molecule has 2 heterocycles. The van der Waals surface area contributed by atoms with Crippen LogP contribution in [0.3, 0.4) is 0 Å². The fraction of sp³-hybridized carbons (Fsp3) is 0.375. The molecule has 2 saturated heterocycles. The summed E-state index contributed by atoms with van der Waals surface area (Å²) in [4.78, 5) is 42.0. The Morgan fingerprint density at radius 3 is 2.48 bits per heavy atom. The predicted molar refractivity (Wildman–Crippen MR) is 118 cm³/mol. The molecule has 3 amide bonds. The van der Waals surface area contributed by atoms with Gasteiger partial charge in [0.25, 0.3) is 5.91 Å². The van der Waals surface area contributed by atoms with E-state index in [2.05, 4.69) is 0 Å². The maximum atomic E-state index is 13.3. The Hall–Kier alpha value is -2.70. The third kappa shape index (κ3) is 4.81. The molecule has 0 aliphatic carbocycles. The molecule has 0 N–H and O–H groups in total. The van der Waals surface area contributed by atoms with Crippen molar-refractivity contribution in [2.45, 2.75) is 44.8 Å². The van der Waals surface area contributed by atoms with Crippen LogP contribution in [0.15, 0.2) is 48.5 Å². The monoisotopic (exact) mass is 440 g/mol. The number of hydrogen-bond acceptors (Lipinski definition) is 4. The molecule has 4 rings (SSSR count). The van der Waals surface area contributed by atoms with Gasteiger partial charge in [-0.2, -0.15) is 0 Å². The molecule has 0 spiro atoms. The number of hydrogen-bond donors (Lipinski definition) is 0. The number of aryl methyl sites for hydroxylation is 1. The van der Waals surface area contributed by atoms with Crippen LogP contribution in [-0.4, -0.2) is 47.9 Å². The smallest absolute Gasteiger partial charge is 0.257 e. The highest BCUT2D eigenvalue weighted by molar-refractivity contribution is 6.30. The van der Waals surface area contributed by atoms with Crippen LogP contribution >= 0.6 is 11.6 Å². The number of halogens is 1. The number of ether oxygens (including phenoxy) is 1. The maximum Gasteiger partial charge on any atom is 0.257 e. The Bertz CT molecular complexity index is 968. The molecule has 2 aromatic carbocycles. The molecular weight excluding hydrogens is 416 g/mol. The topological polar surface area (TPSA) is 66.9 Å². The van der Waals surface area contributed by atoms with Crippen molar-refractivity contribution in [1.82, 2.24) is 4.90 Å². The van der Waals surface area contributed by atoms with Crippen molar-refractivity contribution in [1.29, 1.82) is 0 Å². The van der Waals surface area contributed by atoms with Gasteiger partial charge in [-0.1, -0.05) is 41.4 Å². The van der Waals surface area contributed by atoms with Gasteiger partial charge in [0.05, 0.1) is 24.6 Å². The fourth-order valence-electron chi connectivity index (χ4n) is 4.11. The summed E-state index contributed by atoms with van der Waals surface area (Å²) in [5.41, 5.74) is 2.38. The molecule has 2 aliphatic rings. The van der Waals surface area contributed by atoms with Crippen molar-refractivity contribution in [3.8, 4) is 0 Å². The highest BCUT2D eigenvalue weighted by atomic mass is 35.5. The minimum absolute atomic E-state index is 0.0220. The molecule has 2 unspecified atom stereocenters. The number of imide groups is 1. The first kappa shape index (κ1) is 21.5. The van der Waals surface area contributed by atoms with E-state index in [1.54, 1.807) is 41.3 Å². The zero-order valence-electron chi connectivity index (χ0n) is 17.4. The largest absolute Gasteiger partial charge is 0.376 e. The van der Waals surface area contributed by atoms with Gasteiger partial charge in [0.2, 0.25) is 11.8 Å². The summed E-state index contributed by atoms with van der Waals surface area (Å²) in [5.74, 6) is -0.860. The predicted octanol–water partition coefficient (Wildman–Crippen LogP) is 3.53. The minimum Gasteiger partial charge on any atom is -0.376 e. The quantitative estimate of drug-likeness (QED) is 0.644. The second kappa shape index (κ2) is 9.20. The number of rotatable bonds is 6. The summed E-state index contributed by atoms with van der Waals surface area (Å²) in [6, 6.07) is 13.5. The number of nitrogens with zero attached hydrogens (tertiary/aromatic N) is 2. The van der Waals surface area contributed by atoms with Gasteiger partial charge in [-0.3, -0.25) is 14.4 Å². The van der Waals surface area contributed by atoms with Gasteiger partial charge in [0.15, 0.2) is 0 Å². The molecule has 2 aromatic rings. The van der Waals surface area contributed by atoms with Crippen LogP contribution in [0.1, 0.15) is 30.4 Å². The molecule has 0 bridgehead atoms. The Morgan fingerprint density at radius 1 is 1.13 bits per heavy atom. The molecule has 2 aliphatic heterocycles. The Labute approximate surface area is 186 Å². The van der Waals surface area contributed by atoms with Crippen molar-refractivity contribution in [2.75, 3.05) is 18.1 Å². The van der Waals surface area contributed by atoms with Crippen LogP contribution < -0.4 is 4.90 Å². The summed E-state index contributed by atoms with van der Waals surface area (Å²) in [6.45, 7) is 2.90. The first-order valence-electron chi connectivity index (χ1n) is 10.5. The summed E-state index contributed by atoms with van der Waals surface area (Å²) in [5, 5.41) is 0.595. The van der Waals surface area contributed by atoms with Crippen LogP contribution in [0.25, 0.3) is 0 Å². The van der Waals surface area contributed by atoms with E-state index in [4.69, 9.17) is 16.3 Å². The standard InChI is InChI=1S/C24H25ClN2O4/c1-16-4-10-19(11-5-16)27-23(29)14-21(24(27)30)26(15-20-3-2-12-31-20)22(28)13-17-6-8-18(25)9-7-17/h4-11,20-21H,2-3,12-15H2,1H3. The second-order valence-corrected chi connectivity index (χ2v) is 8.54. The van der Waals surface area contributed by atoms with Gasteiger partial charge in [-0.25, -0.2) is 4.90 Å². The molecule has 0 saturated carbocycles. The van der Waals surface area contributed by atoms with Gasteiger partial charge >= 0.3 is 0 Å². The van der Waals surface area contributed by atoms with E-state index in [-0.39, 0.29) is 36.7 Å². The van der Waals surface area contributed by atoms with Crippen molar-refractivity contribution in [3.05, 3.63) is 64.7 Å². The van der Waals surface area contributed by atoms with Gasteiger partial charge in [0, 0.05) is 18.2 Å². The molecular formula is C24H25ClN2O4. The van der Waals surface area contributed by atoms with E-state index in [1.807, 2.05) is 19.1 Å². The van der Waals surface area contributed by atoms with E-state index in [9.17, 15) is 14.4 Å². The normalized spacial score (nSPS) is 21.0. The lowest BCUT2D eigenvalue weighted by Gasteiger charge is -2.30.